The number of carbonyl (C=O) groups is 2. The number of rotatable bonds is 8. The molecule has 0 radical (unpaired) electrons. The molecule has 3 N–H and O–H groups in total. The fourth-order valence-electron chi connectivity index (χ4n) is 1.03. The number of unbranched alkanes of at least 4 members (excludes halogenated alkanes) is 2. The van der Waals surface area contributed by atoms with Gasteiger partial charge in [-0.05, 0) is 26.2 Å². The maximum atomic E-state index is 11.1. The van der Waals surface area contributed by atoms with Crippen molar-refractivity contribution in [2.24, 2.45) is 0 Å². The largest absolute Gasteiger partial charge is 0.396 e. The molecule has 5 nitrogen and oxygen atoms in total. The number of ketones is 1. The van der Waals surface area contributed by atoms with Crippen molar-refractivity contribution in [2.45, 2.75) is 32.6 Å². The van der Waals surface area contributed by atoms with Gasteiger partial charge in [-0.2, -0.15) is 0 Å². The molecule has 2 amide bonds. The van der Waals surface area contributed by atoms with Gasteiger partial charge in [0.05, 0.1) is 0 Å². The van der Waals surface area contributed by atoms with E-state index < -0.39 is 0 Å². The minimum Gasteiger partial charge on any atom is -0.396 e. The van der Waals surface area contributed by atoms with Crippen molar-refractivity contribution in [3.05, 3.63) is 0 Å². The van der Waals surface area contributed by atoms with Crippen molar-refractivity contribution in [1.82, 2.24) is 10.6 Å². The van der Waals surface area contributed by atoms with Crippen LogP contribution in [0.5, 0.6) is 0 Å². The highest BCUT2D eigenvalue weighted by Crippen LogP contribution is 1.91. The van der Waals surface area contributed by atoms with Gasteiger partial charge in [0.2, 0.25) is 0 Å². The Morgan fingerprint density at radius 3 is 2.33 bits per heavy atom. The molecule has 0 aromatic rings. The van der Waals surface area contributed by atoms with E-state index in [1.54, 1.807) is 0 Å². The number of aliphatic hydroxyl groups excluding tert-OH is 1. The molecule has 0 bridgehead atoms. The fraction of sp³-hybridized carbons (Fsp3) is 0.800. The van der Waals surface area contributed by atoms with Crippen LogP contribution in [0.4, 0.5) is 4.79 Å². The van der Waals surface area contributed by atoms with Crippen molar-refractivity contribution in [3.63, 3.8) is 0 Å². The van der Waals surface area contributed by atoms with E-state index in [4.69, 9.17) is 5.11 Å². The number of hydrogen-bond donors (Lipinski definition) is 3. The van der Waals surface area contributed by atoms with E-state index in [0.29, 0.717) is 19.5 Å². The Morgan fingerprint density at radius 2 is 1.73 bits per heavy atom. The van der Waals surface area contributed by atoms with Crippen LogP contribution in [0, 0.1) is 0 Å². The highest BCUT2D eigenvalue weighted by molar-refractivity contribution is 5.77. The number of amides is 2. The van der Waals surface area contributed by atoms with Crippen LogP contribution in [0.2, 0.25) is 0 Å². The first-order chi connectivity index (χ1) is 7.16. The van der Waals surface area contributed by atoms with E-state index in [0.717, 1.165) is 19.3 Å². The Bertz CT molecular complexity index is 195. The number of Topliss-reactive ketones (excluding diaryl/α,β-unsaturated/α-hetero) is 1. The van der Waals surface area contributed by atoms with E-state index in [9.17, 15) is 9.59 Å². The predicted octanol–water partition coefficient (Wildman–Crippen LogP) is 0.427. The summed E-state index contributed by atoms with van der Waals surface area (Å²) in [6, 6.07) is -0.236. The van der Waals surface area contributed by atoms with Gasteiger partial charge in [0.15, 0.2) is 0 Å². The summed E-state index contributed by atoms with van der Waals surface area (Å²) in [6.07, 6.45) is 2.91. The molecular weight excluding hydrogens is 196 g/mol. The lowest BCUT2D eigenvalue weighted by atomic mass is 10.2. The third kappa shape index (κ3) is 10.8. The minimum atomic E-state index is -0.236. The first kappa shape index (κ1) is 13.9. The predicted molar refractivity (Wildman–Crippen MR) is 57.6 cm³/mol. The summed E-state index contributed by atoms with van der Waals surface area (Å²) in [6.45, 7) is 2.68. The Hall–Kier alpha value is -1.10. The van der Waals surface area contributed by atoms with E-state index in [2.05, 4.69) is 10.6 Å². The zero-order valence-electron chi connectivity index (χ0n) is 9.21. The van der Waals surface area contributed by atoms with Crippen LogP contribution >= 0.6 is 0 Å². The van der Waals surface area contributed by atoms with Crippen LogP contribution in [0.1, 0.15) is 32.6 Å². The van der Waals surface area contributed by atoms with Gasteiger partial charge in [0.1, 0.15) is 5.78 Å². The van der Waals surface area contributed by atoms with Crippen LogP contribution in [0.25, 0.3) is 0 Å². The molecule has 0 rings (SSSR count). The van der Waals surface area contributed by atoms with Crippen LogP contribution in [0.3, 0.4) is 0 Å². The molecule has 0 aromatic carbocycles. The molecule has 0 aliphatic rings. The lowest BCUT2D eigenvalue weighted by Gasteiger charge is -2.06. The maximum Gasteiger partial charge on any atom is 0.314 e. The van der Waals surface area contributed by atoms with Gasteiger partial charge in [0, 0.05) is 26.1 Å². The first-order valence-corrected chi connectivity index (χ1v) is 5.29. The molecule has 0 aliphatic carbocycles. The quantitative estimate of drug-likeness (QED) is 0.515. The third-order valence-corrected chi connectivity index (χ3v) is 1.88. The molecule has 88 valence electrons. The maximum absolute atomic E-state index is 11.1. The highest BCUT2D eigenvalue weighted by Gasteiger charge is 1.99. The number of urea groups is 1. The van der Waals surface area contributed by atoms with Crippen LogP contribution < -0.4 is 10.6 Å². The number of aliphatic hydroxyl groups is 1. The summed E-state index contributed by atoms with van der Waals surface area (Å²) in [5.74, 6) is 0.0678. The van der Waals surface area contributed by atoms with Crippen molar-refractivity contribution < 1.29 is 14.7 Å². The molecule has 5 heteroatoms. The Kier molecular flexibility index (Phi) is 8.76. The van der Waals surface area contributed by atoms with Crippen molar-refractivity contribution in [1.29, 1.82) is 0 Å². The van der Waals surface area contributed by atoms with Crippen LogP contribution in [-0.4, -0.2) is 36.6 Å². The van der Waals surface area contributed by atoms with Gasteiger partial charge in [-0.25, -0.2) is 4.79 Å². The lowest BCUT2D eigenvalue weighted by molar-refractivity contribution is -0.116. The SMILES string of the molecule is CC(=O)CCNC(=O)NCCCCCO. The lowest BCUT2D eigenvalue weighted by Crippen LogP contribution is -2.36. The number of nitrogens with one attached hydrogen (secondary N) is 2. The monoisotopic (exact) mass is 216 g/mol. The Morgan fingerprint density at radius 1 is 1.07 bits per heavy atom. The van der Waals surface area contributed by atoms with Gasteiger partial charge in [-0.1, -0.05) is 0 Å². The number of hydrogen-bond acceptors (Lipinski definition) is 3. The van der Waals surface area contributed by atoms with Gasteiger partial charge in [-0.15, -0.1) is 0 Å². The molecule has 0 spiro atoms. The summed E-state index contributed by atoms with van der Waals surface area (Å²) in [5.41, 5.74) is 0. The molecule has 0 fully saturated rings. The topological polar surface area (TPSA) is 78.4 Å². The average Bonchev–Trinajstić information content (AvgIpc) is 2.17. The van der Waals surface area contributed by atoms with E-state index >= 15 is 0 Å². The van der Waals surface area contributed by atoms with Gasteiger partial charge >= 0.3 is 6.03 Å². The smallest absolute Gasteiger partial charge is 0.314 e. The van der Waals surface area contributed by atoms with Crippen molar-refractivity contribution in [3.8, 4) is 0 Å². The second kappa shape index (κ2) is 9.45. The first-order valence-electron chi connectivity index (χ1n) is 5.29. The van der Waals surface area contributed by atoms with E-state index in [-0.39, 0.29) is 18.4 Å². The molecule has 0 unspecified atom stereocenters. The minimum absolute atomic E-state index is 0.0678. The summed E-state index contributed by atoms with van der Waals surface area (Å²) < 4.78 is 0. The third-order valence-electron chi connectivity index (χ3n) is 1.88. The van der Waals surface area contributed by atoms with Gasteiger partial charge in [-0.3, -0.25) is 4.79 Å². The van der Waals surface area contributed by atoms with Gasteiger partial charge < -0.3 is 15.7 Å². The normalized spacial score (nSPS) is 9.73. The highest BCUT2D eigenvalue weighted by atomic mass is 16.3. The number of carbonyl (C=O) groups excluding carboxylic acids is 2. The zero-order valence-corrected chi connectivity index (χ0v) is 9.21. The van der Waals surface area contributed by atoms with Crippen LogP contribution in [0.15, 0.2) is 0 Å². The average molecular weight is 216 g/mol. The Balaban J connectivity index is 3.22. The summed E-state index contributed by atoms with van der Waals surface area (Å²) in [4.78, 5) is 21.6. The molecule has 0 aliphatic heterocycles. The zero-order chi connectivity index (χ0) is 11.5. The summed E-state index contributed by atoms with van der Waals surface area (Å²) in [5, 5.41) is 13.8. The van der Waals surface area contributed by atoms with Crippen LogP contribution in [-0.2, 0) is 4.79 Å². The molecule has 0 aromatic heterocycles. The molecular formula is C10H20N2O3. The molecule has 0 heterocycles. The van der Waals surface area contributed by atoms with Crippen molar-refractivity contribution >= 4 is 11.8 Å². The second-order valence-electron chi connectivity index (χ2n) is 3.42. The molecule has 0 saturated heterocycles. The van der Waals surface area contributed by atoms with Crippen molar-refractivity contribution in [2.75, 3.05) is 19.7 Å². The summed E-state index contributed by atoms with van der Waals surface area (Å²) in [7, 11) is 0. The molecule has 0 saturated carbocycles. The molecule has 15 heavy (non-hydrogen) atoms. The van der Waals surface area contributed by atoms with E-state index in [1.807, 2.05) is 0 Å². The second-order valence-corrected chi connectivity index (χ2v) is 3.42. The van der Waals surface area contributed by atoms with E-state index in [1.165, 1.54) is 6.92 Å². The van der Waals surface area contributed by atoms with Gasteiger partial charge in [0.25, 0.3) is 0 Å². The Labute approximate surface area is 90.2 Å². The molecule has 0 atom stereocenters. The summed E-state index contributed by atoms with van der Waals surface area (Å²) >= 11 is 0. The standard InChI is InChI=1S/C10H20N2O3/c1-9(14)5-7-12-10(15)11-6-3-2-4-8-13/h13H,2-8H2,1H3,(H2,11,12,15). The fourth-order valence-corrected chi connectivity index (χ4v) is 1.03.